The van der Waals surface area contributed by atoms with Gasteiger partial charge >= 0.3 is 0 Å². The van der Waals surface area contributed by atoms with Gasteiger partial charge in [0.15, 0.2) is 0 Å². The van der Waals surface area contributed by atoms with Crippen molar-refractivity contribution in [3.05, 3.63) is 29.8 Å². The molecule has 0 spiro atoms. The van der Waals surface area contributed by atoms with Gasteiger partial charge < -0.3 is 15.4 Å². The van der Waals surface area contributed by atoms with Crippen LogP contribution < -0.4 is 15.4 Å². The molecule has 2 fully saturated rings. The molecule has 0 aromatic heterocycles. The standard InChI is InChI=1S/C20H30N2O2/c1-15-13-18(11-12-21-15)22-20(23)17-7-9-19(10-8-17)24-14-16-5-3-2-4-6-16/h7-10,15-16,18,21H,2-6,11-14H2,1H3,(H,22,23). The number of ether oxygens (including phenoxy) is 1. The van der Waals surface area contributed by atoms with E-state index >= 15 is 0 Å². The third-order valence-electron chi connectivity index (χ3n) is 5.29. The monoisotopic (exact) mass is 330 g/mol. The predicted octanol–water partition coefficient (Wildman–Crippen LogP) is 3.52. The number of piperidine rings is 1. The lowest BCUT2D eigenvalue weighted by atomic mass is 9.90. The Morgan fingerprint density at radius 1 is 1.17 bits per heavy atom. The highest BCUT2D eigenvalue weighted by atomic mass is 16.5. The van der Waals surface area contributed by atoms with Crippen LogP contribution in [0.15, 0.2) is 24.3 Å². The summed E-state index contributed by atoms with van der Waals surface area (Å²) >= 11 is 0. The van der Waals surface area contributed by atoms with Crippen molar-refractivity contribution in [3.8, 4) is 5.75 Å². The molecular weight excluding hydrogens is 300 g/mol. The Kier molecular flexibility index (Phi) is 6.13. The van der Waals surface area contributed by atoms with E-state index in [1.165, 1.54) is 32.1 Å². The second-order valence-electron chi connectivity index (χ2n) is 7.39. The average Bonchev–Trinajstić information content (AvgIpc) is 2.61. The van der Waals surface area contributed by atoms with Crippen molar-refractivity contribution in [3.63, 3.8) is 0 Å². The molecule has 0 bridgehead atoms. The molecule has 2 atom stereocenters. The number of hydrogen-bond acceptors (Lipinski definition) is 3. The second-order valence-corrected chi connectivity index (χ2v) is 7.39. The largest absolute Gasteiger partial charge is 0.493 e. The fourth-order valence-electron chi connectivity index (χ4n) is 3.80. The van der Waals surface area contributed by atoms with Crippen LogP contribution in [0.1, 0.15) is 62.2 Å². The van der Waals surface area contributed by atoms with Crippen molar-refractivity contribution in [2.45, 2.75) is 64.0 Å². The summed E-state index contributed by atoms with van der Waals surface area (Å²) in [5.74, 6) is 1.59. The molecule has 1 aliphatic carbocycles. The summed E-state index contributed by atoms with van der Waals surface area (Å²) in [6, 6.07) is 8.33. The van der Waals surface area contributed by atoms with Gasteiger partial charge in [0, 0.05) is 17.6 Å². The Bertz CT molecular complexity index is 523. The minimum Gasteiger partial charge on any atom is -0.493 e. The number of rotatable bonds is 5. The fourth-order valence-corrected chi connectivity index (χ4v) is 3.80. The number of nitrogens with one attached hydrogen (secondary N) is 2. The summed E-state index contributed by atoms with van der Waals surface area (Å²) in [6.45, 7) is 3.94. The minimum atomic E-state index is 0.0212. The zero-order chi connectivity index (χ0) is 16.8. The summed E-state index contributed by atoms with van der Waals surface area (Å²) in [5, 5.41) is 6.55. The molecule has 4 nitrogen and oxygen atoms in total. The van der Waals surface area contributed by atoms with Crippen molar-refractivity contribution >= 4 is 5.91 Å². The van der Waals surface area contributed by atoms with E-state index in [4.69, 9.17) is 4.74 Å². The highest BCUT2D eigenvalue weighted by molar-refractivity contribution is 5.94. The Morgan fingerprint density at radius 3 is 2.62 bits per heavy atom. The molecule has 1 saturated heterocycles. The molecule has 2 N–H and O–H groups in total. The van der Waals surface area contributed by atoms with Gasteiger partial charge in [0.05, 0.1) is 6.61 Å². The van der Waals surface area contributed by atoms with Crippen LogP contribution in [-0.2, 0) is 0 Å². The van der Waals surface area contributed by atoms with Crippen LogP contribution in [0.3, 0.4) is 0 Å². The number of carbonyl (C=O) groups is 1. The first kappa shape index (κ1) is 17.3. The zero-order valence-corrected chi connectivity index (χ0v) is 14.7. The van der Waals surface area contributed by atoms with Crippen LogP contribution in [0.2, 0.25) is 0 Å². The van der Waals surface area contributed by atoms with Crippen LogP contribution in [0.4, 0.5) is 0 Å². The van der Waals surface area contributed by atoms with Crippen molar-refractivity contribution in [1.29, 1.82) is 0 Å². The quantitative estimate of drug-likeness (QED) is 0.868. The molecule has 24 heavy (non-hydrogen) atoms. The molecule has 1 aromatic rings. The first-order valence-corrected chi connectivity index (χ1v) is 9.48. The number of hydrogen-bond donors (Lipinski definition) is 2. The maximum atomic E-state index is 12.4. The molecular formula is C20H30N2O2. The molecule has 4 heteroatoms. The van der Waals surface area contributed by atoms with E-state index in [1.54, 1.807) is 0 Å². The third kappa shape index (κ3) is 4.97. The molecule has 132 valence electrons. The van der Waals surface area contributed by atoms with Crippen molar-refractivity contribution in [2.75, 3.05) is 13.2 Å². The summed E-state index contributed by atoms with van der Waals surface area (Å²) in [7, 11) is 0. The second kappa shape index (κ2) is 8.52. The Labute approximate surface area is 145 Å². The number of benzene rings is 1. The van der Waals surface area contributed by atoms with Gasteiger partial charge in [0.25, 0.3) is 5.91 Å². The van der Waals surface area contributed by atoms with Crippen LogP contribution >= 0.6 is 0 Å². The van der Waals surface area contributed by atoms with Gasteiger partial charge in [-0.2, -0.15) is 0 Å². The molecule has 1 aromatic carbocycles. The van der Waals surface area contributed by atoms with E-state index in [0.717, 1.165) is 31.7 Å². The summed E-state index contributed by atoms with van der Waals surface area (Å²) in [6.07, 6.45) is 8.61. The fraction of sp³-hybridized carbons (Fsp3) is 0.650. The first-order chi connectivity index (χ1) is 11.7. The minimum absolute atomic E-state index is 0.0212. The lowest BCUT2D eigenvalue weighted by Crippen LogP contribution is -2.46. The lowest BCUT2D eigenvalue weighted by molar-refractivity contribution is 0.0925. The van der Waals surface area contributed by atoms with Crippen molar-refractivity contribution in [1.82, 2.24) is 10.6 Å². The highest BCUT2D eigenvalue weighted by Crippen LogP contribution is 2.24. The summed E-state index contributed by atoms with van der Waals surface area (Å²) < 4.78 is 5.90. The van der Waals surface area contributed by atoms with E-state index in [2.05, 4.69) is 17.6 Å². The maximum Gasteiger partial charge on any atom is 0.251 e. The van der Waals surface area contributed by atoms with Crippen LogP contribution in [0, 0.1) is 5.92 Å². The number of carbonyl (C=O) groups excluding carboxylic acids is 1. The van der Waals surface area contributed by atoms with Gasteiger partial charge in [-0.05, 0) is 69.3 Å². The topological polar surface area (TPSA) is 50.4 Å². The van der Waals surface area contributed by atoms with E-state index in [1.807, 2.05) is 24.3 Å². The molecule has 2 unspecified atom stereocenters. The molecule has 2 aliphatic rings. The number of amides is 1. The van der Waals surface area contributed by atoms with Crippen LogP contribution in [0.25, 0.3) is 0 Å². The molecule has 1 amide bonds. The first-order valence-electron chi connectivity index (χ1n) is 9.48. The third-order valence-corrected chi connectivity index (χ3v) is 5.29. The molecule has 1 saturated carbocycles. The Hall–Kier alpha value is -1.55. The maximum absolute atomic E-state index is 12.4. The Balaban J connectivity index is 1.47. The highest BCUT2D eigenvalue weighted by Gasteiger charge is 2.20. The van der Waals surface area contributed by atoms with E-state index < -0.39 is 0 Å². The van der Waals surface area contributed by atoms with E-state index in [-0.39, 0.29) is 11.9 Å². The van der Waals surface area contributed by atoms with Gasteiger partial charge in [0.2, 0.25) is 0 Å². The summed E-state index contributed by atoms with van der Waals surface area (Å²) in [4.78, 5) is 12.4. The Morgan fingerprint density at radius 2 is 1.92 bits per heavy atom. The van der Waals surface area contributed by atoms with Gasteiger partial charge in [-0.3, -0.25) is 4.79 Å². The average molecular weight is 330 g/mol. The zero-order valence-electron chi connectivity index (χ0n) is 14.7. The predicted molar refractivity (Wildman–Crippen MR) is 96.5 cm³/mol. The van der Waals surface area contributed by atoms with Crippen molar-refractivity contribution < 1.29 is 9.53 Å². The summed E-state index contributed by atoms with van der Waals surface area (Å²) in [5.41, 5.74) is 0.714. The van der Waals surface area contributed by atoms with Gasteiger partial charge in [-0.15, -0.1) is 0 Å². The van der Waals surface area contributed by atoms with Gasteiger partial charge in [-0.25, -0.2) is 0 Å². The van der Waals surface area contributed by atoms with Crippen molar-refractivity contribution in [2.24, 2.45) is 5.92 Å². The lowest BCUT2D eigenvalue weighted by Gasteiger charge is -2.28. The van der Waals surface area contributed by atoms with Crippen LogP contribution in [0.5, 0.6) is 5.75 Å². The molecule has 0 radical (unpaired) electrons. The smallest absolute Gasteiger partial charge is 0.251 e. The molecule has 1 aliphatic heterocycles. The molecule has 3 rings (SSSR count). The normalized spacial score (nSPS) is 25.2. The van der Waals surface area contributed by atoms with Gasteiger partial charge in [-0.1, -0.05) is 19.3 Å². The molecule has 1 heterocycles. The van der Waals surface area contributed by atoms with Gasteiger partial charge in [0.1, 0.15) is 5.75 Å². The SMILES string of the molecule is CC1CC(NC(=O)c2ccc(OCC3CCCCC3)cc2)CCN1. The van der Waals surface area contributed by atoms with Crippen LogP contribution in [-0.4, -0.2) is 31.1 Å². The van der Waals surface area contributed by atoms with E-state index in [9.17, 15) is 4.79 Å². The van der Waals surface area contributed by atoms with E-state index in [0.29, 0.717) is 17.5 Å².